The summed E-state index contributed by atoms with van der Waals surface area (Å²) in [5.74, 6) is 1.30. The second-order valence-corrected chi connectivity index (χ2v) is 8.98. The maximum Gasteiger partial charge on any atom is 0.227 e. The second kappa shape index (κ2) is 12.2. The number of methoxy groups -OCH3 is 2. The molecule has 0 aliphatic heterocycles. The van der Waals surface area contributed by atoms with Gasteiger partial charge in [-0.15, -0.1) is 10.2 Å². The summed E-state index contributed by atoms with van der Waals surface area (Å²) in [6.07, 6.45) is 1.59. The average molecular weight is 532 g/mol. The van der Waals surface area contributed by atoms with Gasteiger partial charge in [-0.2, -0.15) is 0 Å². The van der Waals surface area contributed by atoms with Crippen LogP contribution in [0.4, 0.5) is 4.39 Å². The highest BCUT2D eigenvalue weighted by atomic mass is 19.1. The average Bonchev–Trinajstić information content (AvgIpc) is 3.58. The summed E-state index contributed by atoms with van der Waals surface area (Å²) in [6, 6.07) is 16.4. The molecule has 0 spiro atoms. The van der Waals surface area contributed by atoms with Gasteiger partial charge in [0.2, 0.25) is 5.89 Å². The van der Waals surface area contributed by atoms with Crippen LogP contribution in [-0.4, -0.2) is 60.3 Å². The lowest BCUT2D eigenvalue weighted by atomic mass is 9.97. The lowest BCUT2D eigenvalue weighted by molar-refractivity contribution is 0.0719. The molecule has 3 aromatic carbocycles. The third kappa shape index (κ3) is 5.98. The summed E-state index contributed by atoms with van der Waals surface area (Å²) in [4.78, 5) is 4.77. The van der Waals surface area contributed by atoms with Crippen molar-refractivity contribution in [1.82, 2.24) is 25.1 Å². The quantitative estimate of drug-likeness (QED) is 0.228. The van der Waals surface area contributed by atoms with Crippen LogP contribution < -0.4 is 10.1 Å². The number of ether oxygens (including phenoxy) is 3. The predicted molar refractivity (Wildman–Crippen MR) is 146 cm³/mol. The number of rotatable bonds is 12. The first-order valence-corrected chi connectivity index (χ1v) is 12.6. The number of fused-ring (bicyclic) bond motifs is 1. The second-order valence-electron chi connectivity index (χ2n) is 8.98. The summed E-state index contributed by atoms with van der Waals surface area (Å²) in [5.41, 5.74) is 5.42. The van der Waals surface area contributed by atoms with Crippen LogP contribution in [0, 0.1) is 5.82 Å². The maximum atomic E-state index is 14.2. The van der Waals surface area contributed by atoms with Crippen molar-refractivity contribution in [1.29, 1.82) is 0 Å². The van der Waals surface area contributed by atoms with Crippen molar-refractivity contribution in [2.75, 3.05) is 40.6 Å². The fraction of sp³-hybridized carbons (Fsp3) is 0.276. The number of nitrogens with one attached hydrogen (secondary N) is 1. The number of benzene rings is 3. The number of nitrogens with zero attached hydrogens (tertiary/aromatic N) is 4. The smallest absolute Gasteiger partial charge is 0.227 e. The van der Waals surface area contributed by atoms with E-state index in [-0.39, 0.29) is 5.82 Å². The van der Waals surface area contributed by atoms with Crippen LogP contribution in [-0.2, 0) is 23.1 Å². The van der Waals surface area contributed by atoms with Gasteiger partial charge in [0.25, 0.3) is 0 Å². The SMILES string of the molecule is COCCOCCNCc1cc(OC)c2oc(-c3cccc(-c4ccc(F)cc4-c4nncn4C)c3)nc2c1. The molecule has 5 aromatic rings. The van der Waals surface area contributed by atoms with Crippen LogP contribution >= 0.6 is 0 Å². The normalized spacial score (nSPS) is 11.4. The van der Waals surface area contributed by atoms with Crippen molar-refractivity contribution in [3.05, 3.63) is 72.3 Å². The molecule has 0 saturated carbocycles. The molecule has 2 heterocycles. The molecule has 0 saturated heterocycles. The molecule has 5 rings (SSSR count). The van der Waals surface area contributed by atoms with Crippen LogP contribution in [0.15, 0.2) is 65.3 Å². The highest BCUT2D eigenvalue weighted by molar-refractivity contribution is 5.85. The van der Waals surface area contributed by atoms with Crippen molar-refractivity contribution in [2.24, 2.45) is 7.05 Å². The first-order valence-electron chi connectivity index (χ1n) is 12.6. The minimum atomic E-state index is -0.345. The Labute approximate surface area is 225 Å². The third-order valence-electron chi connectivity index (χ3n) is 6.27. The number of oxazole rings is 1. The molecule has 0 unspecified atom stereocenters. The largest absolute Gasteiger partial charge is 0.493 e. The predicted octanol–water partition coefficient (Wildman–Crippen LogP) is 4.86. The van der Waals surface area contributed by atoms with E-state index in [1.807, 2.05) is 43.4 Å². The minimum Gasteiger partial charge on any atom is -0.493 e. The Kier molecular flexibility index (Phi) is 8.26. The fourth-order valence-electron chi connectivity index (χ4n) is 4.36. The molecule has 0 radical (unpaired) electrons. The molecule has 9 nitrogen and oxygen atoms in total. The van der Waals surface area contributed by atoms with Crippen molar-refractivity contribution in [3.63, 3.8) is 0 Å². The van der Waals surface area contributed by atoms with Crippen molar-refractivity contribution >= 4 is 11.1 Å². The molecule has 202 valence electrons. The van der Waals surface area contributed by atoms with Crippen LogP contribution in [0.1, 0.15) is 5.56 Å². The zero-order chi connectivity index (χ0) is 27.2. The molecular weight excluding hydrogens is 501 g/mol. The van der Waals surface area contributed by atoms with E-state index < -0.39 is 0 Å². The van der Waals surface area contributed by atoms with Crippen LogP contribution in [0.5, 0.6) is 5.75 Å². The fourth-order valence-corrected chi connectivity index (χ4v) is 4.36. The monoisotopic (exact) mass is 531 g/mol. The zero-order valence-electron chi connectivity index (χ0n) is 22.1. The maximum absolute atomic E-state index is 14.2. The lowest BCUT2D eigenvalue weighted by Crippen LogP contribution is -2.20. The Morgan fingerprint density at radius 2 is 1.85 bits per heavy atom. The van der Waals surface area contributed by atoms with Gasteiger partial charge >= 0.3 is 0 Å². The Morgan fingerprint density at radius 1 is 0.974 bits per heavy atom. The number of hydrogen-bond acceptors (Lipinski definition) is 8. The van der Waals surface area contributed by atoms with Crippen molar-refractivity contribution in [3.8, 4) is 39.7 Å². The van der Waals surface area contributed by atoms with Crippen LogP contribution in [0.25, 0.3) is 45.1 Å². The number of aryl methyl sites for hydroxylation is 1. The van der Waals surface area contributed by atoms with E-state index in [0.717, 1.165) is 22.3 Å². The topological polar surface area (TPSA) is 96.5 Å². The van der Waals surface area contributed by atoms with Gasteiger partial charge < -0.3 is 28.5 Å². The van der Waals surface area contributed by atoms with E-state index in [2.05, 4.69) is 15.5 Å². The molecule has 0 fully saturated rings. The van der Waals surface area contributed by atoms with Gasteiger partial charge in [0, 0.05) is 38.4 Å². The third-order valence-corrected chi connectivity index (χ3v) is 6.27. The molecule has 0 bridgehead atoms. The number of hydrogen-bond donors (Lipinski definition) is 1. The summed E-state index contributed by atoms with van der Waals surface area (Å²) in [5, 5.41) is 11.5. The molecule has 0 amide bonds. The van der Waals surface area contributed by atoms with Gasteiger partial charge in [-0.1, -0.05) is 18.2 Å². The van der Waals surface area contributed by atoms with Gasteiger partial charge in [0.05, 0.1) is 26.9 Å². The summed E-state index contributed by atoms with van der Waals surface area (Å²) >= 11 is 0. The molecule has 0 atom stereocenters. The van der Waals surface area contributed by atoms with E-state index >= 15 is 0 Å². The molecule has 10 heteroatoms. The number of halogens is 1. The van der Waals surface area contributed by atoms with Crippen LogP contribution in [0.2, 0.25) is 0 Å². The van der Waals surface area contributed by atoms with E-state index in [1.54, 1.807) is 31.2 Å². The zero-order valence-corrected chi connectivity index (χ0v) is 22.1. The van der Waals surface area contributed by atoms with Crippen LogP contribution in [0.3, 0.4) is 0 Å². The minimum absolute atomic E-state index is 0.345. The van der Waals surface area contributed by atoms with Gasteiger partial charge in [-0.3, -0.25) is 0 Å². The first-order chi connectivity index (χ1) is 19.1. The molecule has 0 aliphatic carbocycles. The van der Waals surface area contributed by atoms with E-state index in [1.165, 1.54) is 12.1 Å². The summed E-state index contributed by atoms with van der Waals surface area (Å²) in [6.45, 7) is 3.09. The molecule has 39 heavy (non-hydrogen) atoms. The summed E-state index contributed by atoms with van der Waals surface area (Å²) in [7, 11) is 5.09. The highest BCUT2D eigenvalue weighted by Crippen LogP contribution is 2.36. The first kappa shape index (κ1) is 26.5. The molecular formula is C29H30FN5O4. The summed E-state index contributed by atoms with van der Waals surface area (Å²) < 4.78 is 38.2. The number of aromatic nitrogens is 4. The molecule has 1 N–H and O–H groups in total. The molecule has 2 aromatic heterocycles. The van der Waals surface area contributed by atoms with Gasteiger partial charge in [0.1, 0.15) is 17.7 Å². The Hall–Kier alpha value is -4.12. The molecule has 0 aliphatic rings. The van der Waals surface area contributed by atoms with Gasteiger partial charge in [0.15, 0.2) is 17.2 Å². The van der Waals surface area contributed by atoms with Crippen molar-refractivity contribution in [2.45, 2.75) is 6.54 Å². The van der Waals surface area contributed by atoms with E-state index in [4.69, 9.17) is 23.6 Å². The van der Waals surface area contributed by atoms with Gasteiger partial charge in [-0.25, -0.2) is 9.37 Å². The van der Waals surface area contributed by atoms with E-state index in [0.29, 0.717) is 67.0 Å². The Balaban J connectivity index is 1.41. The Bertz CT molecular complexity index is 1560. The Morgan fingerprint density at radius 3 is 2.64 bits per heavy atom. The highest BCUT2D eigenvalue weighted by Gasteiger charge is 2.17. The van der Waals surface area contributed by atoms with E-state index in [9.17, 15) is 4.39 Å². The van der Waals surface area contributed by atoms with Gasteiger partial charge in [-0.05, 0) is 53.1 Å². The standard InChI is InChI=1S/C29H30FN5O4/c1-35-18-32-34-28(35)24-16-22(30)7-8-23(24)20-5-4-6-21(15-20)29-33-25-13-19(14-26(37-3)27(25)39-29)17-31-9-10-38-12-11-36-2/h4-8,13-16,18,31H,9-12,17H2,1-3H3. The lowest BCUT2D eigenvalue weighted by Gasteiger charge is -2.10. The van der Waals surface area contributed by atoms with Crippen molar-refractivity contribution < 1.29 is 23.0 Å².